The number of hydrogen-bond acceptors (Lipinski definition) is 4. The van der Waals surface area contributed by atoms with E-state index in [1.807, 2.05) is 30.3 Å². The van der Waals surface area contributed by atoms with E-state index in [1.54, 1.807) is 6.92 Å². The van der Waals surface area contributed by atoms with E-state index in [2.05, 4.69) is 10.3 Å². The molecule has 2 N–H and O–H groups in total. The predicted octanol–water partition coefficient (Wildman–Crippen LogP) is 2.86. The fourth-order valence-corrected chi connectivity index (χ4v) is 3.47. The van der Waals surface area contributed by atoms with Gasteiger partial charge in [0.25, 0.3) is 5.91 Å². The molecule has 1 aromatic heterocycles. The fourth-order valence-electron chi connectivity index (χ4n) is 2.51. The van der Waals surface area contributed by atoms with Crippen LogP contribution in [0.15, 0.2) is 30.3 Å². The van der Waals surface area contributed by atoms with Gasteiger partial charge in [-0.25, -0.2) is 9.78 Å². The minimum atomic E-state index is -1.10. The van der Waals surface area contributed by atoms with Crippen LogP contribution in [0.25, 0.3) is 10.6 Å². The molecular weight excluding hydrogens is 300 g/mol. The Labute approximate surface area is 132 Å². The highest BCUT2D eigenvalue weighted by molar-refractivity contribution is 7.17. The number of benzene rings is 1. The second-order valence-corrected chi connectivity index (χ2v) is 6.49. The first-order chi connectivity index (χ1) is 10.5. The molecule has 1 fully saturated rings. The van der Waals surface area contributed by atoms with Crippen molar-refractivity contribution in [1.29, 1.82) is 0 Å². The molecule has 22 heavy (non-hydrogen) atoms. The number of carboxylic acids is 1. The van der Waals surface area contributed by atoms with Crippen LogP contribution >= 0.6 is 11.3 Å². The molecular formula is C16H16N2O3S. The molecule has 0 aliphatic heterocycles. The highest BCUT2D eigenvalue weighted by Crippen LogP contribution is 2.34. The van der Waals surface area contributed by atoms with Crippen LogP contribution in [-0.2, 0) is 4.79 Å². The van der Waals surface area contributed by atoms with Crippen LogP contribution in [0.4, 0.5) is 0 Å². The third kappa shape index (κ3) is 2.50. The largest absolute Gasteiger partial charge is 0.480 e. The van der Waals surface area contributed by atoms with Crippen molar-refractivity contribution in [3.63, 3.8) is 0 Å². The summed E-state index contributed by atoms with van der Waals surface area (Å²) in [6.07, 6.45) is 1.79. The predicted molar refractivity (Wildman–Crippen MR) is 84.0 cm³/mol. The Kier molecular flexibility index (Phi) is 3.70. The van der Waals surface area contributed by atoms with Crippen LogP contribution in [0.3, 0.4) is 0 Å². The molecule has 3 rings (SSSR count). The molecule has 0 unspecified atom stereocenters. The lowest BCUT2D eigenvalue weighted by Crippen LogP contribution is -2.59. The van der Waals surface area contributed by atoms with Crippen molar-refractivity contribution in [2.45, 2.75) is 31.7 Å². The highest BCUT2D eigenvalue weighted by atomic mass is 32.1. The molecule has 1 amide bonds. The molecule has 2 aromatic rings. The second kappa shape index (κ2) is 5.53. The van der Waals surface area contributed by atoms with Gasteiger partial charge >= 0.3 is 5.97 Å². The molecule has 0 spiro atoms. The number of carbonyl (C=O) groups is 2. The smallest absolute Gasteiger partial charge is 0.329 e. The Balaban J connectivity index is 1.85. The van der Waals surface area contributed by atoms with E-state index in [4.69, 9.17) is 0 Å². The number of carboxylic acid groups (broad SMARTS) is 1. The lowest BCUT2D eigenvalue weighted by atomic mass is 9.76. The first-order valence-electron chi connectivity index (χ1n) is 7.11. The van der Waals surface area contributed by atoms with Gasteiger partial charge in [0.2, 0.25) is 0 Å². The van der Waals surface area contributed by atoms with Gasteiger partial charge in [-0.3, -0.25) is 4.79 Å². The Bertz CT molecular complexity index is 720. The van der Waals surface area contributed by atoms with E-state index in [0.29, 0.717) is 23.4 Å². The Morgan fingerprint density at radius 3 is 2.50 bits per heavy atom. The van der Waals surface area contributed by atoms with Crippen molar-refractivity contribution in [1.82, 2.24) is 10.3 Å². The number of amides is 1. The number of nitrogens with zero attached hydrogens (tertiary/aromatic N) is 1. The summed E-state index contributed by atoms with van der Waals surface area (Å²) >= 11 is 1.29. The Morgan fingerprint density at radius 1 is 1.27 bits per heavy atom. The Morgan fingerprint density at radius 2 is 1.95 bits per heavy atom. The van der Waals surface area contributed by atoms with Crippen LogP contribution in [0.2, 0.25) is 0 Å². The topological polar surface area (TPSA) is 79.3 Å². The van der Waals surface area contributed by atoms with Crippen molar-refractivity contribution >= 4 is 23.2 Å². The molecule has 0 bridgehead atoms. The maximum atomic E-state index is 12.4. The van der Waals surface area contributed by atoms with Gasteiger partial charge in [-0.1, -0.05) is 30.3 Å². The van der Waals surface area contributed by atoms with Gasteiger partial charge in [-0.2, -0.15) is 0 Å². The minimum absolute atomic E-state index is 0.348. The van der Waals surface area contributed by atoms with Gasteiger partial charge in [0, 0.05) is 5.56 Å². The normalized spacial score (nSPS) is 15.9. The van der Waals surface area contributed by atoms with E-state index in [9.17, 15) is 14.7 Å². The fraction of sp³-hybridized carbons (Fsp3) is 0.312. The standard InChI is InChI=1S/C16H16N2O3S/c1-10-12(13(19)18-16(15(20)21)8-5-9-16)22-14(17-10)11-6-3-2-4-7-11/h2-4,6-7H,5,8-9H2,1H3,(H,18,19)(H,20,21). The maximum Gasteiger partial charge on any atom is 0.329 e. The zero-order valence-electron chi connectivity index (χ0n) is 12.1. The molecule has 1 aliphatic carbocycles. The van der Waals surface area contributed by atoms with E-state index in [1.165, 1.54) is 11.3 Å². The number of aryl methyl sites for hydroxylation is 1. The monoisotopic (exact) mass is 316 g/mol. The van der Waals surface area contributed by atoms with Gasteiger partial charge in [0.05, 0.1) is 5.69 Å². The van der Waals surface area contributed by atoms with Crippen LogP contribution in [0, 0.1) is 6.92 Å². The third-order valence-electron chi connectivity index (χ3n) is 3.99. The molecule has 0 atom stereocenters. The van der Waals surface area contributed by atoms with Gasteiger partial charge in [-0.05, 0) is 26.2 Å². The Hall–Kier alpha value is -2.21. The molecule has 0 saturated heterocycles. The lowest BCUT2D eigenvalue weighted by Gasteiger charge is -2.38. The van der Waals surface area contributed by atoms with E-state index in [0.717, 1.165) is 17.0 Å². The molecule has 1 heterocycles. The zero-order valence-corrected chi connectivity index (χ0v) is 12.9. The number of rotatable bonds is 4. The minimum Gasteiger partial charge on any atom is -0.480 e. The van der Waals surface area contributed by atoms with E-state index >= 15 is 0 Å². The molecule has 114 valence electrons. The third-order valence-corrected chi connectivity index (χ3v) is 5.20. The summed E-state index contributed by atoms with van der Waals surface area (Å²) in [4.78, 5) is 28.7. The first-order valence-corrected chi connectivity index (χ1v) is 7.92. The molecule has 1 aromatic carbocycles. The SMILES string of the molecule is Cc1nc(-c2ccccc2)sc1C(=O)NC1(C(=O)O)CCC1. The van der Waals surface area contributed by atoms with Crippen LogP contribution in [-0.4, -0.2) is 27.5 Å². The molecule has 6 heteroatoms. The number of aromatic nitrogens is 1. The maximum absolute atomic E-state index is 12.4. The van der Waals surface area contributed by atoms with Crippen molar-refractivity contribution in [2.75, 3.05) is 0 Å². The van der Waals surface area contributed by atoms with Gasteiger partial charge in [0.15, 0.2) is 0 Å². The second-order valence-electron chi connectivity index (χ2n) is 5.49. The van der Waals surface area contributed by atoms with Crippen molar-refractivity contribution in [3.8, 4) is 10.6 Å². The molecule has 0 radical (unpaired) electrons. The van der Waals surface area contributed by atoms with Gasteiger partial charge in [-0.15, -0.1) is 11.3 Å². The summed E-state index contributed by atoms with van der Waals surface area (Å²) in [6, 6.07) is 9.62. The quantitative estimate of drug-likeness (QED) is 0.909. The number of thiazole rings is 1. The molecule has 1 aliphatic rings. The van der Waals surface area contributed by atoms with Crippen molar-refractivity contribution < 1.29 is 14.7 Å². The average Bonchev–Trinajstić information content (AvgIpc) is 2.85. The summed E-state index contributed by atoms with van der Waals surface area (Å²) in [7, 11) is 0. The summed E-state index contributed by atoms with van der Waals surface area (Å²) in [5, 5.41) is 12.8. The number of carbonyl (C=O) groups excluding carboxylic acids is 1. The summed E-state index contributed by atoms with van der Waals surface area (Å²) in [6.45, 7) is 1.77. The van der Waals surface area contributed by atoms with Crippen LogP contribution in [0.1, 0.15) is 34.6 Å². The summed E-state index contributed by atoms with van der Waals surface area (Å²) in [5.74, 6) is -1.31. The van der Waals surface area contributed by atoms with Crippen LogP contribution < -0.4 is 5.32 Å². The van der Waals surface area contributed by atoms with Crippen LogP contribution in [0.5, 0.6) is 0 Å². The number of aliphatic carboxylic acids is 1. The first kappa shape index (κ1) is 14.7. The van der Waals surface area contributed by atoms with Gasteiger partial charge < -0.3 is 10.4 Å². The van der Waals surface area contributed by atoms with E-state index in [-0.39, 0.29) is 5.91 Å². The molecule has 5 nitrogen and oxygen atoms in total. The van der Waals surface area contributed by atoms with E-state index < -0.39 is 11.5 Å². The summed E-state index contributed by atoms with van der Waals surface area (Å²) in [5.41, 5.74) is 0.480. The van der Waals surface area contributed by atoms with Crippen molar-refractivity contribution in [2.24, 2.45) is 0 Å². The van der Waals surface area contributed by atoms with Crippen molar-refractivity contribution in [3.05, 3.63) is 40.9 Å². The number of nitrogens with one attached hydrogen (secondary N) is 1. The zero-order chi connectivity index (χ0) is 15.7. The average molecular weight is 316 g/mol. The lowest BCUT2D eigenvalue weighted by molar-refractivity contribution is -0.148. The summed E-state index contributed by atoms with van der Waals surface area (Å²) < 4.78 is 0. The van der Waals surface area contributed by atoms with Gasteiger partial charge in [0.1, 0.15) is 15.4 Å². The molecule has 1 saturated carbocycles. The number of hydrogen-bond donors (Lipinski definition) is 2. The highest BCUT2D eigenvalue weighted by Gasteiger charge is 2.46.